The molecule has 2 N–H and O–H groups in total. The molecule has 0 radical (unpaired) electrons. The number of aliphatic carboxylic acids is 1. The van der Waals surface area contributed by atoms with Gasteiger partial charge in [-0.2, -0.15) is 0 Å². The van der Waals surface area contributed by atoms with Crippen LogP contribution in [0.5, 0.6) is 0 Å². The second-order valence-electron chi connectivity index (χ2n) is 5.41. The molecule has 0 aromatic carbocycles. The molecule has 2 unspecified atom stereocenters. The molecule has 114 valence electrons. The van der Waals surface area contributed by atoms with Gasteiger partial charge in [0, 0.05) is 13.1 Å². The van der Waals surface area contributed by atoms with Crippen molar-refractivity contribution in [2.75, 3.05) is 26.2 Å². The van der Waals surface area contributed by atoms with Crippen LogP contribution in [-0.4, -0.2) is 47.7 Å². The summed E-state index contributed by atoms with van der Waals surface area (Å²) in [4.78, 5) is 13.9. The van der Waals surface area contributed by atoms with E-state index in [4.69, 9.17) is 0 Å². The number of nitrogens with zero attached hydrogens (tertiary/aromatic N) is 1. The summed E-state index contributed by atoms with van der Waals surface area (Å²) in [5, 5.41) is 12.9. The Kier molecular flexibility index (Phi) is 9.02. The smallest absolute Gasteiger partial charge is 0.323 e. The van der Waals surface area contributed by atoms with Crippen LogP contribution in [-0.2, 0) is 4.79 Å². The molecule has 0 aromatic heterocycles. The Morgan fingerprint density at radius 3 is 2.21 bits per heavy atom. The van der Waals surface area contributed by atoms with Crippen LogP contribution in [0, 0.1) is 5.92 Å². The Hall–Kier alpha value is -0.610. The van der Waals surface area contributed by atoms with E-state index in [9.17, 15) is 9.90 Å². The van der Waals surface area contributed by atoms with Crippen LogP contribution in [0.4, 0.5) is 0 Å². The van der Waals surface area contributed by atoms with Gasteiger partial charge in [0.2, 0.25) is 0 Å². The van der Waals surface area contributed by atoms with Crippen molar-refractivity contribution < 1.29 is 9.90 Å². The van der Waals surface area contributed by atoms with E-state index < -0.39 is 11.5 Å². The summed E-state index contributed by atoms with van der Waals surface area (Å²) < 4.78 is 0. The van der Waals surface area contributed by atoms with E-state index in [1.54, 1.807) is 0 Å². The molecular formula is C15H32N2O2. The normalized spacial score (nSPS) is 16.3. The number of rotatable bonds is 11. The lowest BCUT2D eigenvalue weighted by molar-refractivity contribution is -0.146. The summed E-state index contributed by atoms with van der Waals surface area (Å²) in [6.07, 6.45) is 2.35. The average Bonchev–Trinajstić information content (AvgIpc) is 2.41. The highest BCUT2D eigenvalue weighted by Crippen LogP contribution is 2.23. The molecule has 0 aliphatic carbocycles. The minimum absolute atomic E-state index is 0.428. The molecule has 0 bridgehead atoms. The first-order valence-electron chi connectivity index (χ1n) is 7.66. The maximum atomic E-state index is 11.6. The van der Waals surface area contributed by atoms with Gasteiger partial charge in [-0.3, -0.25) is 4.79 Å². The molecule has 0 fully saturated rings. The van der Waals surface area contributed by atoms with Gasteiger partial charge >= 0.3 is 5.97 Å². The Morgan fingerprint density at radius 2 is 1.84 bits per heavy atom. The summed E-state index contributed by atoms with van der Waals surface area (Å²) >= 11 is 0. The number of hydrogen-bond donors (Lipinski definition) is 2. The number of carboxylic acids is 1. The predicted octanol–water partition coefficient (Wildman–Crippen LogP) is 2.59. The van der Waals surface area contributed by atoms with Crippen molar-refractivity contribution in [3.05, 3.63) is 0 Å². The predicted molar refractivity (Wildman–Crippen MR) is 80.5 cm³/mol. The van der Waals surface area contributed by atoms with E-state index in [2.05, 4.69) is 37.9 Å². The van der Waals surface area contributed by atoms with Crippen LogP contribution in [0.3, 0.4) is 0 Å². The highest BCUT2D eigenvalue weighted by Gasteiger charge is 2.37. The maximum absolute atomic E-state index is 11.6. The molecule has 4 nitrogen and oxygen atoms in total. The fourth-order valence-corrected chi connectivity index (χ4v) is 2.39. The van der Waals surface area contributed by atoms with Crippen molar-refractivity contribution >= 4 is 5.97 Å². The molecule has 0 saturated heterocycles. The van der Waals surface area contributed by atoms with E-state index in [1.807, 2.05) is 6.92 Å². The van der Waals surface area contributed by atoms with Gasteiger partial charge in [0.05, 0.1) is 0 Å². The van der Waals surface area contributed by atoms with Gasteiger partial charge in [0.15, 0.2) is 0 Å². The van der Waals surface area contributed by atoms with Crippen LogP contribution in [0.15, 0.2) is 0 Å². The van der Waals surface area contributed by atoms with Crippen molar-refractivity contribution in [2.24, 2.45) is 5.92 Å². The van der Waals surface area contributed by atoms with Gasteiger partial charge < -0.3 is 15.3 Å². The SMILES string of the molecule is CCC(C)CC(CC)(NCCN(CC)CC)C(=O)O. The first-order valence-corrected chi connectivity index (χ1v) is 7.66. The van der Waals surface area contributed by atoms with Crippen LogP contribution >= 0.6 is 0 Å². The van der Waals surface area contributed by atoms with Crippen LogP contribution in [0.1, 0.15) is 53.9 Å². The lowest BCUT2D eigenvalue weighted by atomic mass is 9.84. The lowest BCUT2D eigenvalue weighted by Gasteiger charge is -2.33. The largest absolute Gasteiger partial charge is 0.480 e. The van der Waals surface area contributed by atoms with Gasteiger partial charge in [-0.05, 0) is 31.8 Å². The third kappa shape index (κ3) is 5.91. The third-order valence-corrected chi connectivity index (χ3v) is 4.19. The van der Waals surface area contributed by atoms with E-state index in [-0.39, 0.29) is 0 Å². The highest BCUT2D eigenvalue weighted by atomic mass is 16.4. The maximum Gasteiger partial charge on any atom is 0.323 e. The highest BCUT2D eigenvalue weighted by molar-refractivity contribution is 5.78. The van der Waals surface area contributed by atoms with E-state index >= 15 is 0 Å². The molecule has 0 heterocycles. The van der Waals surface area contributed by atoms with Crippen molar-refractivity contribution in [2.45, 2.75) is 59.4 Å². The minimum Gasteiger partial charge on any atom is -0.480 e. The standard InChI is InChI=1S/C15H32N2O2/c1-6-13(5)12-15(7-2,14(18)19)16-10-11-17(8-3)9-4/h13,16H,6-12H2,1-5H3,(H,18,19). The average molecular weight is 272 g/mol. The number of hydrogen-bond acceptors (Lipinski definition) is 3. The van der Waals surface area contributed by atoms with Crippen molar-refractivity contribution in [1.29, 1.82) is 0 Å². The van der Waals surface area contributed by atoms with Crippen molar-refractivity contribution in [3.8, 4) is 0 Å². The zero-order valence-corrected chi connectivity index (χ0v) is 13.3. The molecule has 0 aliphatic heterocycles. The Morgan fingerprint density at radius 1 is 1.26 bits per heavy atom. The molecule has 4 heteroatoms. The third-order valence-electron chi connectivity index (χ3n) is 4.19. The van der Waals surface area contributed by atoms with Gasteiger partial charge in [0.25, 0.3) is 0 Å². The summed E-state index contributed by atoms with van der Waals surface area (Å²) in [6, 6.07) is 0. The fraction of sp³-hybridized carbons (Fsp3) is 0.933. The van der Waals surface area contributed by atoms with E-state index in [1.165, 1.54) is 0 Å². The number of carboxylic acid groups (broad SMARTS) is 1. The second kappa shape index (κ2) is 9.32. The summed E-state index contributed by atoms with van der Waals surface area (Å²) in [5.74, 6) is -0.285. The zero-order valence-electron chi connectivity index (χ0n) is 13.3. The van der Waals surface area contributed by atoms with Gasteiger partial charge in [0.1, 0.15) is 5.54 Å². The molecule has 19 heavy (non-hydrogen) atoms. The molecule has 0 aromatic rings. The van der Waals surface area contributed by atoms with E-state index in [0.29, 0.717) is 18.8 Å². The van der Waals surface area contributed by atoms with Gasteiger partial charge in [-0.1, -0.05) is 41.0 Å². The fourth-order valence-electron chi connectivity index (χ4n) is 2.39. The summed E-state index contributed by atoms with van der Waals surface area (Å²) in [6.45, 7) is 14.1. The number of nitrogens with one attached hydrogen (secondary N) is 1. The molecule has 0 amide bonds. The summed E-state index contributed by atoms with van der Waals surface area (Å²) in [7, 11) is 0. The Balaban J connectivity index is 4.54. The minimum atomic E-state index is -0.761. The Bertz CT molecular complexity index is 255. The topological polar surface area (TPSA) is 52.6 Å². The van der Waals surface area contributed by atoms with Crippen LogP contribution < -0.4 is 5.32 Å². The molecule has 0 saturated carbocycles. The molecule has 2 atom stereocenters. The first kappa shape index (κ1) is 18.4. The molecule has 0 aliphatic rings. The lowest BCUT2D eigenvalue weighted by Crippen LogP contribution is -2.54. The first-order chi connectivity index (χ1) is 8.95. The van der Waals surface area contributed by atoms with Gasteiger partial charge in [-0.25, -0.2) is 0 Å². The second-order valence-corrected chi connectivity index (χ2v) is 5.41. The monoisotopic (exact) mass is 272 g/mol. The van der Waals surface area contributed by atoms with Crippen LogP contribution in [0.2, 0.25) is 0 Å². The molecular weight excluding hydrogens is 240 g/mol. The van der Waals surface area contributed by atoms with Crippen LogP contribution in [0.25, 0.3) is 0 Å². The zero-order chi connectivity index (χ0) is 14.9. The number of likely N-dealkylation sites (N-methyl/N-ethyl adjacent to an activating group) is 1. The Labute approximate surface area is 118 Å². The van der Waals surface area contributed by atoms with Gasteiger partial charge in [-0.15, -0.1) is 0 Å². The molecule has 0 rings (SSSR count). The number of carbonyl (C=O) groups is 1. The molecule has 0 spiro atoms. The quantitative estimate of drug-likeness (QED) is 0.607. The van der Waals surface area contributed by atoms with E-state index in [0.717, 1.165) is 32.6 Å². The van der Waals surface area contributed by atoms with Crippen molar-refractivity contribution in [3.63, 3.8) is 0 Å². The van der Waals surface area contributed by atoms with Crippen molar-refractivity contribution in [1.82, 2.24) is 10.2 Å². The summed E-state index contributed by atoms with van der Waals surface area (Å²) in [5.41, 5.74) is -0.761.